The van der Waals surface area contributed by atoms with Gasteiger partial charge in [0.05, 0.1) is 19.1 Å². The summed E-state index contributed by atoms with van der Waals surface area (Å²) < 4.78 is 38.1. The zero-order valence-corrected chi connectivity index (χ0v) is 15.4. The Morgan fingerprint density at radius 3 is 2.54 bits per heavy atom. The van der Waals surface area contributed by atoms with Gasteiger partial charge in [-0.3, -0.25) is 4.79 Å². The van der Waals surface area contributed by atoms with Gasteiger partial charge in [0.25, 0.3) is 0 Å². The van der Waals surface area contributed by atoms with Crippen molar-refractivity contribution in [3.05, 3.63) is 47.5 Å². The number of carbonyl (C=O) groups is 1. The Hall–Kier alpha value is -2.58. The van der Waals surface area contributed by atoms with Crippen LogP contribution in [0.5, 0.6) is 11.5 Å². The first-order valence-corrected chi connectivity index (χ1v) is 9.54. The summed E-state index contributed by atoms with van der Waals surface area (Å²) in [5.74, 6) is 1.06. The standard InChI is InChI=1S/C18H20N2O5S/c1-24-16-7-3-12(9-17(16)25-2)11-19-26(22,23)14-5-6-15-13(10-14)4-8-18(21)20-15/h3,5-7,9-10,19H,4,8,11H2,1-2H3,(H,20,21). The number of carbonyl (C=O) groups excluding carboxylic acids is 1. The van der Waals surface area contributed by atoms with Crippen LogP contribution < -0.4 is 19.5 Å². The van der Waals surface area contributed by atoms with Crippen molar-refractivity contribution in [2.75, 3.05) is 19.5 Å². The van der Waals surface area contributed by atoms with E-state index >= 15 is 0 Å². The minimum Gasteiger partial charge on any atom is -0.493 e. The van der Waals surface area contributed by atoms with Gasteiger partial charge in [0.1, 0.15) is 0 Å². The molecule has 0 saturated heterocycles. The van der Waals surface area contributed by atoms with Crippen LogP contribution in [0.25, 0.3) is 0 Å². The van der Waals surface area contributed by atoms with Crippen LogP contribution in [0.2, 0.25) is 0 Å². The molecule has 1 heterocycles. The highest BCUT2D eigenvalue weighted by Crippen LogP contribution is 2.28. The lowest BCUT2D eigenvalue weighted by molar-refractivity contribution is -0.116. The molecule has 1 aliphatic heterocycles. The second kappa shape index (κ2) is 7.35. The summed E-state index contributed by atoms with van der Waals surface area (Å²) in [6.07, 6.45) is 0.885. The molecule has 26 heavy (non-hydrogen) atoms. The zero-order valence-electron chi connectivity index (χ0n) is 14.5. The van der Waals surface area contributed by atoms with Crippen molar-refractivity contribution in [3.63, 3.8) is 0 Å². The Balaban J connectivity index is 1.76. The van der Waals surface area contributed by atoms with Crippen LogP contribution >= 0.6 is 0 Å². The molecule has 0 fully saturated rings. The molecule has 2 aromatic rings. The number of fused-ring (bicyclic) bond motifs is 1. The van der Waals surface area contributed by atoms with Crippen LogP contribution in [0.4, 0.5) is 5.69 Å². The van der Waals surface area contributed by atoms with Crippen molar-refractivity contribution in [2.45, 2.75) is 24.3 Å². The lowest BCUT2D eigenvalue weighted by atomic mass is 10.0. The summed E-state index contributed by atoms with van der Waals surface area (Å²) >= 11 is 0. The van der Waals surface area contributed by atoms with Crippen LogP contribution in [0, 0.1) is 0 Å². The third-order valence-electron chi connectivity index (χ3n) is 4.20. The van der Waals surface area contributed by atoms with Gasteiger partial charge in [0.2, 0.25) is 15.9 Å². The largest absolute Gasteiger partial charge is 0.493 e. The van der Waals surface area contributed by atoms with Gasteiger partial charge in [-0.15, -0.1) is 0 Å². The van der Waals surface area contributed by atoms with Crippen molar-refractivity contribution in [1.82, 2.24) is 4.72 Å². The summed E-state index contributed by atoms with van der Waals surface area (Å²) in [5.41, 5.74) is 2.23. The fraction of sp³-hybridized carbons (Fsp3) is 0.278. The number of nitrogens with one attached hydrogen (secondary N) is 2. The first-order valence-electron chi connectivity index (χ1n) is 8.06. The second-order valence-corrected chi connectivity index (χ2v) is 7.65. The first kappa shape index (κ1) is 18.2. The third kappa shape index (κ3) is 3.81. The van der Waals surface area contributed by atoms with E-state index in [0.717, 1.165) is 11.1 Å². The molecular weight excluding hydrogens is 356 g/mol. The number of benzene rings is 2. The van der Waals surface area contributed by atoms with Crippen LogP contribution in [-0.4, -0.2) is 28.5 Å². The topological polar surface area (TPSA) is 93.7 Å². The fourth-order valence-electron chi connectivity index (χ4n) is 2.78. The molecule has 2 N–H and O–H groups in total. The van der Waals surface area contributed by atoms with E-state index < -0.39 is 10.0 Å². The molecule has 138 valence electrons. The molecule has 0 atom stereocenters. The van der Waals surface area contributed by atoms with E-state index in [1.54, 1.807) is 37.4 Å². The van der Waals surface area contributed by atoms with Gasteiger partial charge < -0.3 is 14.8 Å². The van der Waals surface area contributed by atoms with E-state index in [2.05, 4.69) is 10.0 Å². The van der Waals surface area contributed by atoms with Gasteiger partial charge in [-0.05, 0) is 47.9 Å². The fourth-order valence-corrected chi connectivity index (χ4v) is 3.85. The highest BCUT2D eigenvalue weighted by atomic mass is 32.2. The summed E-state index contributed by atoms with van der Waals surface area (Å²) in [5, 5.41) is 2.74. The average molecular weight is 376 g/mol. The Labute approximate surface area is 152 Å². The number of anilines is 1. The highest BCUT2D eigenvalue weighted by molar-refractivity contribution is 7.89. The van der Waals surface area contributed by atoms with Crippen LogP contribution in [-0.2, 0) is 27.8 Å². The molecule has 0 aliphatic carbocycles. The number of aryl methyl sites for hydroxylation is 1. The minimum absolute atomic E-state index is 0.0558. The molecule has 2 aromatic carbocycles. The smallest absolute Gasteiger partial charge is 0.240 e. The van der Waals surface area contributed by atoms with Gasteiger partial charge in [-0.2, -0.15) is 0 Å². The summed E-state index contributed by atoms with van der Waals surface area (Å²) in [7, 11) is -0.610. The van der Waals surface area contributed by atoms with E-state index in [1.165, 1.54) is 13.2 Å². The maximum atomic E-state index is 12.6. The Morgan fingerprint density at radius 1 is 1.04 bits per heavy atom. The second-order valence-electron chi connectivity index (χ2n) is 5.88. The van der Waals surface area contributed by atoms with Gasteiger partial charge >= 0.3 is 0 Å². The summed E-state index contributed by atoms with van der Waals surface area (Å²) in [6.45, 7) is 0.122. The van der Waals surface area contributed by atoms with Gasteiger partial charge in [0.15, 0.2) is 11.5 Å². The van der Waals surface area contributed by atoms with Crippen LogP contribution in [0.15, 0.2) is 41.3 Å². The maximum Gasteiger partial charge on any atom is 0.240 e. The molecule has 0 spiro atoms. The van der Waals surface area contributed by atoms with Crippen molar-refractivity contribution < 1.29 is 22.7 Å². The van der Waals surface area contributed by atoms with Crippen LogP contribution in [0.3, 0.4) is 0 Å². The SMILES string of the molecule is COc1ccc(CNS(=O)(=O)c2ccc3c(c2)CCC(=O)N3)cc1OC. The van der Waals surface area contributed by atoms with E-state index in [9.17, 15) is 13.2 Å². The predicted molar refractivity (Wildman–Crippen MR) is 97.0 cm³/mol. The van der Waals surface area contributed by atoms with E-state index in [4.69, 9.17) is 9.47 Å². The number of rotatable bonds is 6. The number of sulfonamides is 1. The number of hydrogen-bond donors (Lipinski definition) is 2. The molecule has 0 saturated carbocycles. The van der Waals surface area contributed by atoms with E-state index in [1.807, 2.05) is 0 Å². The Kier molecular flexibility index (Phi) is 5.15. The molecule has 8 heteroatoms. The summed E-state index contributed by atoms with van der Waals surface area (Å²) in [6, 6.07) is 9.94. The molecule has 1 amide bonds. The van der Waals surface area contributed by atoms with Crippen molar-refractivity contribution in [3.8, 4) is 11.5 Å². The first-order chi connectivity index (χ1) is 12.4. The Bertz CT molecular complexity index is 941. The van der Waals surface area contributed by atoms with Crippen molar-refractivity contribution >= 4 is 21.6 Å². The molecule has 0 bridgehead atoms. The quantitative estimate of drug-likeness (QED) is 0.805. The molecule has 3 rings (SSSR count). The average Bonchev–Trinajstić information content (AvgIpc) is 2.65. The number of hydrogen-bond acceptors (Lipinski definition) is 5. The highest BCUT2D eigenvalue weighted by Gasteiger charge is 2.20. The van der Waals surface area contributed by atoms with E-state index in [-0.39, 0.29) is 17.3 Å². The minimum atomic E-state index is -3.68. The molecule has 0 aromatic heterocycles. The number of methoxy groups -OCH3 is 2. The lowest BCUT2D eigenvalue weighted by Crippen LogP contribution is -2.24. The molecule has 7 nitrogen and oxygen atoms in total. The number of ether oxygens (including phenoxy) is 2. The van der Waals surface area contributed by atoms with Gasteiger partial charge in [-0.1, -0.05) is 6.07 Å². The molecule has 0 unspecified atom stereocenters. The van der Waals surface area contributed by atoms with Gasteiger partial charge in [-0.25, -0.2) is 13.1 Å². The van der Waals surface area contributed by atoms with Crippen LogP contribution in [0.1, 0.15) is 17.5 Å². The summed E-state index contributed by atoms with van der Waals surface area (Å²) in [4.78, 5) is 11.6. The normalized spacial score (nSPS) is 13.7. The van der Waals surface area contributed by atoms with Gasteiger partial charge in [0, 0.05) is 18.7 Å². The Morgan fingerprint density at radius 2 is 1.81 bits per heavy atom. The van der Waals surface area contributed by atoms with Crippen molar-refractivity contribution in [1.29, 1.82) is 0 Å². The van der Waals surface area contributed by atoms with Crippen molar-refractivity contribution in [2.24, 2.45) is 0 Å². The monoisotopic (exact) mass is 376 g/mol. The molecular formula is C18H20N2O5S. The van der Waals surface area contributed by atoms with E-state index in [0.29, 0.717) is 30.0 Å². The third-order valence-corrected chi connectivity index (χ3v) is 5.60. The maximum absolute atomic E-state index is 12.6. The molecule has 1 aliphatic rings. The lowest BCUT2D eigenvalue weighted by Gasteiger charge is -2.17. The zero-order chi connectivity index (χ0) is 18.7. The predicted octanol–water partition coefficient (Wildman–Crippen LogP) is 2.07. The molecule has 0 radical (unpaired) electrons. The number of amides is 1.